The van der Waals surface area contributed by atoms with Crippen LogP contribution in [0.1, 0.15) is 64.4 Å². The first-order valence-corrected chi connectivity index (χ1v) is 15.1. The summed E-state index contributed by atoms with van der Waals surface area (Å²) in [5.41, 5.74) is -1.03. The highest BCUT2D eigenvalue weighted by Gasteiger charge is 2.80. The largest absolute Gasteiger partial charge is 0.465 e. The molecule has 3 heterocycles. The summed E-state index contributed by atoms with van der Waals surface area (Å²) in [5.74, 6) is -2.43. The third kappa shape index (κ3) is 5.86. The third-order valence-corrected chi connectivity index (χ3v) is 9.28. The highest BCUT2D eigenvalue weighted by atomic mass is 16.6. The number of benzene rings is 1. The van der Waals surface area contributed by atoms with Crippen LogP contribution in [0.25, 0.3) is 0 Å². The molecule has 3 unspecified atom stereocenters. The number of carbonyl (C=O) groups is 3. The molecular formula is C33H46N2O6. The van der Waals surface area contributed by atoms with Gasteiger partial charge in [-0.1, -0.05) is 49.4 Å². The summed E-state index contributed by atoms with van der Waals surface area (Å²) in [6.07, 6.45) is 8.48. The van der Waals surface area contributed by atoms with Gasteiger partial charge in [-0.2, -0.15) is 0 Å². The van der Waals surface area contributed by atoms with E-state index in [9.17, 15) is 19.5 Å². The molecule has 0 aliphatic carbocycles. The zero-order valence-corrected chi connectivity index (χ0v) is 24.6. The lowest BCUT2D eigenvalue weighted by Crippen LogP contribution is -2.56. The number of carbonyl (C=O) groups excluding carboxylic acids is 3. The molecule has 3 aliphatic heterocycles. The molecule has 6 atom stereocenters. The average molecular weight is 567 g/mol. The molecule has 224 valence electrons. The first-order valence-electron chi connectivity index (χ1n) is 15.1. The van der Waals surface area contributed by atoms with Crippen LogP contribution in [0.2, 0.25) is 0 Å². The maximum absolute atomic E-state index is 14.5. The summed E-state index contributed by atoms with van der Waals surface area (Å²) < 4.78 is 12.6. The van der Waals surface area contributed by atoms with Crippen LogP contribution >= 0.6 is 0 Å². The maximum Gasteiger partial charge on any atom is 0.312 e. The van der Waals surface area contributed by atoms with Gasteiger partial charge in [0.2, 0.25) is 11.8 Å². The molecule has 1 N–H and O–H groups in total. The second-order valence-corrected chi connectivity index (χ2v) is 12.0. The minimum atomic E-state index is -1.11. The zero-order valence-electron chi connectivity index (χ0n) is 24.6. The Labute approximate surface area is 244 Å². The van der Waals surface area contributed by atoms with Crippen LogP contribution in [0.3, 0.4) is 0 Å². The van der Waals surface area contributed by atoms with Gasteiger partial charge in [0.05, 0.1) is 18.1 Å². The van der Waals surface area contributed by atoms with Crippen molar-refractivity contribution in [3.05, 3.63) is 61.2 Å². The van der Waals surface area contributed by atoms with Crippen molar-refractivity contribution >= 4 is 17.8 Å². The van der Waals surface area contributed by atoms with Gasteiger partial charge in [0.1, 0.15) is 17.6 Å². The van der Waals surface area contributed by atoms with Crippen LogP contribution < -0.4 is 0 Å². The standard InChI is InChI=1S/C33H46N2O6/c1-5-7-8-15-21-40-31(39)27-26-29(37)35(19-13-10-14-20-36)28(33(26)22-24(3)32(27,4)41-33)30(38)34(18-6-2)23-25-16-11-9-12-17-25/h5-6,9,11-12,16-17,24,26-28,36H,1-2,7-8,10,13-15,18-23H2,3-4H3/t24?,26-,27-,28?,32+,33?/m0/s1. The van der Waals surface area contributed by atoms with E-state index in [4.69, 9.17) is 9.47 Å². The lowest BCUT2D eigenvalue weighted by molar-refractivity contribution is -0.162. The molecule has 1 spiro atoms. The van der Waals surface area contributed by atoms with Crippen LogP contribution in [-0.4, -0.2) is 76.2 Å². The van der Waals surface area contributed by atoms with Gasteiger partial charge in [-0.05, 0) is 63.4 Å². The van der Waals surface area contributed by atoms with Gasteiger partial charge in [0.25, 0.3) is 0 Å². The second-order valence-electron chi connectivity index (χ2n) is 12.0. The number of esters is 1. The molecule has 0 saturated carbocycles. The summed E-state index contributed by atoms with van der Waals surface area (Å²) >= 11 is 0. The van der Waals surface area contributed by atoms with Gasteiger partial charge in [-0.15, -0.1) is 13.2 Å². The van der Waals surface area contributed by atoms with Crippen LogP contribution in [0.5, 0.6) is 0 Å². The molecule has 3 aliphatic rings. The van der Waals surface area contributed by atoms with Crippen LogP contribution in [-0.2, 0) is 30.4 Å². The number of aliphatic hydroxyl groups is 1. The first-order chi connectivity index (χ1) is 19.7. The maximum atomic E-state index is 14.5. The number of amides is 2. The Morgan fingerprint density at radius 2 is 1.90 bits per heavy atom. The molecule has 2 bridgehead atoms. The van der Waals surface area contributed by atoms with Crippen molar-refractivity contribution in [1.82, 2.24) is 9.80 Å². The Hall–Kier alpha value is -2.97. The molecule has 41 heavy (non-hydrogen) atoms. The number of rotatable bonds is 16. The fourth-order valence-corrected chi connectivity index (χ4v) is 7.21. The van der Waals surface area contributed by atoms with Crippen LogP contribution in [0, 0.1) is 17.8 Å². The minimum absolute atomic E-state index is 0.0449. The SMILES string of the molecule is C=CCCCCOC(=O)[C@@H]1[C@H]2C(=O)N(CCCCCO)C(C(=O)N(CC=C)Cc3ccccc3)C23CC(C)[C@@]1(C)O3. The number of allylic oxidation sites excluding steroid dienone is 1. The smallest absolute Gasteiger partial charge is 0.312 e. The van der Waals surface area contributed by atoms with Crippen molar-refractivity contribution in [2.75, 3.05) is 26.3 Å². The van der Waals surface area contributed by atoms with E-state index < -0.39 is 35.0 Å². The Morgan fingerprint density at radius 3 is 2.59 bits per heavy atom. The predicted molar refractivity (Wildman–Crippen MR) is 156 cm³/mol. The Balaban J connectivity index is 1.67. The summed E-state index contributed by atoms with van der Waals surface area (Å²) in [4.78, 5) is 45.8. The average Bonchev–Trinajstić information content (AvgIpc) is 3.47. The second kappa shape index (κ2) is 13.3. The predicted octanol–water partition coefficient (Wildman–Crippen LogP) is 4.27. The fourth-order valence-electron chi connectivity index (χ4n) is 7.21. The summed E-state index contributed by atoms with van der Waals surface area (Å²) in [7, 11) is 0. The number of unbranched alkanes of at least 4 members (excludes halogenated alkanes) is 4. The van der Waals surface area contributed by atoms with Crippen molar-refractivity contribution < 1.29 is 29.0 Å². The number of hydrogen-bond donors (Lipinski definition) is 1. The molecule has 1 aromatic carbocycles. The molecule has 0 radical (unpaired) electrons. The van der Waals surface area contributed by atoms with E-state index in [1.165, 1.54) is 0 Å². The number of hydrogen-bond acceptors (Lipinski definition) is 6. The Kier molecular flexibility index (Phi) is 10.1. The van der Waals surface area contributed by atoms with E-state index in [0.29, 0.717) is 38.9 Å². The highest BCUT2D eigenvalue weighted by Crippen LogP contribution is 2.65. The number of likely N-dealkylation sites (tertiary alicyclic amines) is 1. The van der Waals surface area contributed by atoms with E-state index in [-0.39, 0.29) is 30.9 Å². The lowest BCUT2D eigenvalue weighted by atomic mass is 9.62. The van der Waals surface area contributed by atoms with E-state index in [0.717, 1.165) is 31.2 Å². The summed E-state index contributed by atoms with van der Waals surface area (Å²) in [6, 6.07) is 8.89. The molecular weight excluding hydrogens is 520 g/mol. The van der Waals surface area contributed by atoms with Crippen LogP contribution in [0.4, 0.5) is 0 Å². The Bertz CT molecular complexity index is 1110. The Morgan fingerprint density at radius 1 is 1.15 bits per heavy atom. The van der Waals surface area contributed by atoms with E-state index in [1.54, 1.807) is 15.9 Å². The van der Waals surface area contributed by atoms with E-state index in [1.807, 2.05) is 50.3 Å². The summed E-state index contributed by atoms with van der Waals surface area (Å²) in [5, 5.41) is 9.28. The summed E-state index contributed by atoms with van der Waals surface area (Å²) in [6.45, 7) is 13.0. The first kappa shape index (κ1) is 31.0. The quantitative estimate of drug-likeness (QED) is 0.182. The monoisotopic (exact) mass is 566 g/mol. The molecule has 1 aromatic rings. The van der Waals surface area contributed by atoms with Crippen molar-refractivity contribution in [3.8, 4) is 0 Å². The highest BCUT2D eigenvalue weighted by molar-refractivity contribution is 5.98. The molecule has 8 nitrogen and oxygen atoms in total. The third-order valence-electron chi connectivity index (χ3n) is 9.28. The molecule has 0 aromatic heterocycles. The van der Waals surface area contributed by atoms with Gasteiger partial charge in [-0.3, -0.25) is 14.4 Å². The number of ether oxygens (including phenoxy) is 2. The number of nitrogens with zero attached hydrogens (tertiary/aromatic N) is 2. The van der Waals surface area contributed by atoms with Gasteiger partial charge in [0, 0.05) is 26.2 Å². The molecule has 2 amide bonds. The van der Waals surface area contributed by atoms with Gasteiger partial charge in [-0.25, -0.2) is 0 Å². The van der Waals surface area contributed by atoms with E-state index in [2.05, 4.69) is 13.2 Å². The molecule has 3 saturated heterocycles. The van der Waals surface area contributed by atoms with Gasteiger partial charge >= 0.3 is 5.97 Å². The molecule has 3 fully saturated rings. The molecule has 8 heteroatoms. The number of fused-ring (bicyclic) bond motifs is 1. The van der Waals surface area contributed by atoms with Crippen LogP contribution in [0.15, 0.2) is 55.6 Å². The fraction of sp³-hybridized carbons (Fsp3) is 0.606. The van der Waals surface area contributed by atoms with Gasteiger partial charge in [0.15, 0.2) is 0 Å². The number of aliphatic hydroxyl groups excluding tert-OH is 1. The van der Waals surface area contributed by atoms with Crippen molar-refractivity contribution in [1.29, 1.82) is 0 Å². The van der Waals surface area contributed by atoms with E-state index >= 15 is 0 Å². The minimum Gasteiger partial charge on any atom is -0.465 e. The van der Waals surface area contributed by atoms with Crippen molar-refractivity contribution in [2.24, 2.45) is 17.8 Å². The van der Waals surface area contributed by atoms with Gasteiger partial charge < -0.3 is 24.4 Å². The van der Waals surface area contributed by atoms with Crippen molar-refractivity contribution in [2.45, 2.75) is 82.6 Å². The zero-order chi connectivity index (χ0) is 29.6. The topological polar surface area (TPSA) is 96.4 Å². The van der Waals surface area contributed by atoms with Crippen molar-refractivity contribution in [3.63, 3.8) is 0 Å². The molecule has 4 rings (SSSR count). The normalized spacial score (nSPS) is 29.8. The lowest BCUT2D eigenvalue weighted by Gasteiger charge is -2.37.